The van der Waals surface area contributed by atoms with Gasteiger partial charge in [-0.05, 0) is 57.8 Å². The Balaban J connectivity index is 1.98. The van der Waals surface area contributed by atoms with E-state index >= 15 is 0 Å². The van der Waals surface area contributed by atoms with Crippen LogP contribution in [0.1, 0.15) is 73.1 Å². The Bertz CT molecular complexity index is 492. The van der Waals surface area contributed by atoms with Gasteiger partial charge in [-0.2, -0.15) is 0 Å². The second-order valence-corrected chi connectivity index (χ2v) is 8.61. The zero-order chi connectivity index (χ0) is 16.1. The third-order valence-electron chi connectivity index (χ3n) is 6.88. The average molecular weight is 304 g/mol. The number of ketones is 1. The molecule has 0 saturated carbocycles. The van der Waals surface area contributed by atoms with Crippen LogP contribution in [0.25, 0.3) is 0 Å². The fraction of sp³-hybridized carbons (Fsp3) is 0.850. The van der Waals surface area contributed by atoms with Gasteiger partial charge in [-0.25, -0.2) is 0 Å². The van der Waals surface area contributed by atoms with Crippen molar-refractivity contribution in [2.24, 2.45) is 23.7 Å². The van der Waals surface area contributed by atoms with Gasteiger partial charge in [0.2, 0.25) is 0 Å². The van der Waals surface area contributed by atoms with Gasteiger partial charge in [0.25, 0.3) is 0 Å². The van der Waals surface area contributed by atoms with Crippen LogP contribution in [0.3, 0.4) is 0 Å². The van der Waals surface area contributed by atoms with Crippen LogP contribution in [0, 0.1) is 23.7 Å². The second kappa shape index (κ2) is 5.47. The molecule has 0 aromatic rings. The van der Waals surface area contributed by atoms with Crippen molar-refractivity contribution < 1.29 is 9.53 Å². The number of ether oxygens (including phenoxy) is 1. The molecular formula is C20H32O2. The SMILES string of the molecule is C/C1=C/[C@@H]2[C@H](CC[C@@H](C)C(=O)CC1)[C@]1(C)CC[C@@]2(C(C)C)O1. The van der Waals surface area contributed by atoms with Crippen LogP contribution in [0.5, 0.6) is 0 Å². The van der Waals surface area contributed by atoms with E-state index in [1.54, 1.807) is 0 Å². The van der Waals surface area contributed by atoms with Gasteiger partial charge in [0.15, 0.2) is 0 Å². The molecule has 3 aliphatic rings. The lowest BCUT2D eigenvalue weighted by molar-refractivity contribution is -0.122. The lowest BCUT2D eigenvalue weighted by Crippen LogP contribution is -2.42. The fourth-order valence-corrected chi connectivity index (χ4v) is 5.28. The first-order valence-electron chi connectivity index (χ1n) is 9.19. The molecule has 0 radical (unpaired) electrons. The Labute approximate surface area is 135 Å². The normalized spacial score (nSPS) is 48.2. The largest absolute Gasteiger partial charge is 0.368 e. The second-order valence-electron chi connectivity index (χ2n) is 8.61. The molecule has 2 nitrogen and oxygen atoms in total. The summed E-state index contributed by atoms with van der Waals surface area (Å²) in [5.41, 5.74) is 1.44. The number of fused-ring (bicyclic) bond motifs is 5. The van der Waals surface area contributed by atoms with Crippen molar-refractivity contribution in [1.82, 2.24) is 0 Å². The zero-order valence-corrected chi connectivity index (χ0v) is 14.9. The summed E-state index contributed by atoms with van der Waals surface area (Å²) in [5, 5.41) is 0. The Morgan fingerprint density at radius 3 is 2.64 bits per heavy atom. The van der Waals surface area contributed by atoms with Gasteiger partial charge < -0.3 is 4.74 Å². The zero-order valence-electron chi connectivity index (χ0n) is 14.9. The number of allylic oxidation sites excluding steroid dienone is 1. The molecule has 2 aliphatic heterocycles. The summed E-state index contributed by atoms with van der Waals surface area (Å²) in [4.78, 5) is 12.2. The molecular weight excluding hydrogens is 272 g/mol. The Morgan fingerprint density at radius 1 is 1.23 bits per heavy atom. The molecule has 2 heteroatoms. The summed E-state index contributed by atoms with van der Waals surface area (Å²) < 4.78 is 6.73. The number of hydrogen-bond acceptors (Lipinski definition) is 2. The molecule has 0 N–H and O–H groups in total. The summed E-state index contributed by atoms with van der Waals surface area (Å²) in [6.07, 6.45) is 8.66. The highest BCUT2D eigenvalue weighted by Gasteiger charge is 2.64. The highest BCUT2D eigenvalue weighted by atomic mass is 16.5. The van der Waals surface area contributed by atoms with Gasteiger partial charge in [-0.15, -0.1) is 0 Å². The van der Waals surface area contributed by atoms with Crippen LogP contribution in [-0.2, 0) is 9.53 Å². The monoisotopic (exact) mass is 304 g/mol. The number of carbonyl (C=O) groups is 1. The molecule has 0 aromatic heterocycles. The molecule has 0 amide bonds. The van der Waals surface area contributed by atoms with E-state index in [4.69, 9.17) is 4.74 Å². The lowest BCUT2D eigenvalue weighted by atomic mass is 9.61. The van der Waals surface area contributed by atoms with Crippen molar-refractivity contribution in [3.05, 3.63) is 11.6 Å². The van der Waals surface area contributed by atoms with E-state index in [9.17, 15) is 4.79 Å². The summed E-state index contributed by atoms with van der Waals surface area (Å²) in [6.45, 7) is 11.3. The number of carbonyl (C=O) groups excluding carboxylic acids is 1. The highest BCUT2D eigenvalue weighted by Crippen LogP contribution is 2.62. The summed E-state index contributed by atoms with van der Waals surface area (Å²) in [7, 11) is 0. The minimum Gasteiger partial charge on any atom is -0.368 e. The van der Waals surface area contributed by atoms with Crippen molar-refractivity contribution in [3.63, 3.8) is 0 Å². The first kappa shape index (κ1) is 16.2. The highest BCUT2D eigenvalue weighted by molar-refractivity contribution is 5.80. The van der Waals surface area contributed by atoms with Gasteiger partial charge in [-0.3, -0.25) is 4.79 Å². The summed E-state index contributed by atoms with van der Waals surface area (Å²) in [6, 6.07) is 0. The van der Waals surface area contributed by atoms with Gasteiger partial charge >= 0.3 is 0 Å². The van der Waals surface area contributed by atoms with Gasteiger partial charge in [0.1, 0.15) is 5.78 Å². The predicted octanol–water partition coefficient (Wildman–Crippen LogP) is 4.92. The molecule has 0 unspecified atom stereocenters. The first-order chi connectivity index (χ1) is 10.3. The fourth-order valence-electron chi connectivity index (χ4n) is 5.28. The first-order valence-corrected chi connectivity index (χ1v) is 9.19. The van der Waals surface area contributed by atoms with E-state index in [2.05, 4.69) is 40.7 Å². The van der Waals surface area contributed by atoms with Gasteiger partial charge in [-0.1, -0.05) is 32.4 Å². The molecule has 2 bridgehead atoms. The Kier molecular flexibility index (Phi) is 4.04. The van der Waals surface area contributed by atoms with Crippen LogP contribution in [-0.4, -0.2) is 17.0 Å². The van der Waals surface area contributed by atoms with E-state index in [0.717, 1.165) is 19.3 Å². The third kappa shape index (κ3) is 2.38. The maximum absolute atomic E-state index is 12.2. The van der Waals surface area contributed by atoms with Crippen molar-refractivity contribution >= 4 is 5.78 Å². The standard InChI is InChI=1S/C20H32O2/c1-13(2)20-11-10-19(5,22-20)16-8-7-15(4)18(21)9-6-14(3)12-17(16)20/h12-13,15-17H,6-11H2,1-5H3/b14-12-/t15-,16+,17-,19+,20+/m1/s1. The maximum atomic E-state index is 12.2. The van der Waals surface area contributed by atoms with Crippen LogP contribution in [0.4, 0.5) is 0 Å². The lowest BCUT2D eigenvalue weighted by Gasteiger charge is -2.40. The van der Waals surface area contributed by atoms with E-state index in [1.807, 2.05) is 0 Å². The van der Waals surface area contributed by atoms with E-state index in [-0.39, 0.29) is 17.1 Å². The Hall–Kier alpha value is -0.630. The van der Waals surface area contributed by atoms with Crippen LogP contribution in [0.15, 0.2) is 11.6 Å². The summed E-state index contributed by atoms with van der Waals surface area (Å²) >= 11 is 0. The third-order valence-corrected chi connectivity index (χ3v) is 6.88. The molecule has 2 heterocycles. The van der Waals surface area contributed by atoms with Crippen LogP contribution >= 0.6 is 0 Å². The smallest absolute Gasteiger partial charge is 0.136 e. The van der Waals surface area contributed by atoms with Gasteiger partial charge in [0.05, 0.1) is 11.2 Å². The molecule has 2 fully saturated rings. The molecule has 0 spiro atoms. The number of Topliss-reactive ketones (excluding diaryl/α,β-unsaturated/α-hetero) is 1. The molecule has 2 saturated heterocycles. The Morgan fingerprint density at radius 2 is 1.95 bits per heavy atom. The minimum absolute atomic E-state index is 0.0215. The van der Waals surface area contributed by atoms with Crippen molar-refractivity contribution in [1.29, 1.82) is 0 Å². The predicted molar refractivity (Wildman–Crippen MR) is 89.7 cm³/mol. The van der Waals surface area contributed by atoms with Crippen LogP contribution in [0.2, 0.25) is 0 Å². The van der Waals surface area contributed by atoms with Crippen molar-refractivity contribution in [2.45, 2.75) is 84.3 Å². The number of hydrogen-bond donors (Lipinski definition) is 0. The molecule has 5 atom stereocenters. The molecule has 1 aliphatic carbocycles. The van der Waals surface area contributed by atoms with E-state index < -0.39 is 0 Å². The van der Waals surface area contributed by atoms with Crippen LogP contribution < -0.4 is 0 Å². The average Bonchev–Trinajstić information content (AvgIpc) is 2.93. The van der Waals surface area contributed by atoms with Crippen molar-refractivity contribution in [2.75, 3.05) is 0 Å². The number of rotatable bonds is 1. The summed E-state index contributed by atoms with van der Waals surface area (Å²) in [5.74, 6) is 2.32. The molecule has 22 heavy (non-hydrogen) atoms. The van der Waals surface area contributed by atoms with Gasteiger partial charge in [0, 0.05) is 18.3 Å². The topological polar surface area (TPSA) is 26.3 Å². The molecule has 124 valence electrons. The van der Waals surface area contributed by atoms with Crippen molar-refractivity contribution in [3.8, 4) is 0 Å². The van der Waals surface area contributed by atoms with E-state index in [0.29, 0.717) is 30.0 Å². The minimum atomic E-state index is 0.0215. The maximum Gasteiger partial charge on any atom is 0.136 e. The quantitative estimate of drug-likeness (QED) is 0.643. The molecule has 3 rings (SSSR count). The van der Waals surface area contributed by atoms with E-state index in [1.165, 1.54) is 18.4 Å². The molecule has 0 aromatic carbocycles.